The van der Waals surface area contributed by atoms with Crippen LogP contribution in [0.2, 0.25) is 0 Å². The second-order valence-corrected chi connectivity index (χ2v) is 4.50. The number of rotatable bonds is 8. The Morgan fingerprint density at radius 2 is 2.00 bits per heavy atom. The number of anilines is 1. The molecule has 1 aromatic heterocycles. The van der Waals surface area contributed by atoms with E-state index in [1.165, 1.54) is 0 Å². The van der Waals surface area contributed by atoms with Gasteiger partial charge in [-0.3, -0.25) is 0 Å². The van der Waals surface area contributed by atoms with Gasteiger partial charge in [0.25, 0.3) is 0 Å². The van der Waals surface area contributed by atoms with Crippen LogP contribution in [0.25, 0.3) is 0 Å². The lowest BCUT2D eigenvalue weighted by atomic mass is 10.3. The highest BCUT2D eigenvalue weighted by Crippen LogP contribution is 2.09. The van der Waals surface area contributed by atoms with Crippen LogP contribution in [0.4, 0.5) is 5.95 Å². The van der Waals surface area contributed by atoms with E-state index in [9.17, 15) is 0 Å². The van der Waals surface area contributed by atoms with Crippen LogP contribution in [0.3, 0.4) is 0 Å². The fourth-order valence-electron chi connectivity index (χ4n) is 1.91. The van der Waals surface area contributed by atoms with Gasteiger partial charge in [-0.15, -0.1) is 0 Å². The highest BCUT2D eigenvalue weighted by molar-refractivity contribution is 5.30. The molecule has 7 heteroatoms. The van der Waals surface area contributed by atoms with Crippen molar-refractivity contribution in [2.45, 2.75) is 6.54 Å². The largest absolute Gasteiger partial charge is 0.394 e. The molecule has 0 spiro atoms. The molecule has 1 aromatic rings. The van der Waals surface area contributed by atoms with Crippen molar-refractivity contribution in [3.05, 3.63) is 18.0 Å². The van der Waals surface area contributed by atoms with Crippen LogP contribution in [0.5, 0.6) is 0 Å². The van der Waals surface area contributed by atoms with Gasteiger partial charge < -0.3 is 24.8 Å². The van der Waals surface area contributed by atoms with Crippen molar-refractivity contribution in [2.24, 2.45) is 0 Å². The van der Waals surface area contributed by atoms with E-state index in [2.05, 4.69) is 20.2 Å². The molecule has 2 N–H and O–H groups in total. The molecule has 0 amide bonds. The number of aliphatic hydroxyl groups is 1. The molecule has 0 aromatic carbocycles. The highest BCUT2D eigenvalue weighted by atomic mass is 16.5. The van der Waals surface area contributed by atoms with E-state index in [4.69, 9.17) is 14.6 Å². The van der Waals surface area contributed by atoms with Crippen molar-refractivity contribution in [1.29, 1.82) is 0 Å². The van der Waals surface area contributed by atoms with Crippen molar-refractivity contribution >= 4 is 5.95 Å². The Morgan fingerprint density at radius 3 is 2.70 bits per heavy atom. The van der Waals surface area contributed by atoms with Gasteiger partial charge in [-0.2, -0.15) is 0 Å². The zero-order valence-electron chi connectivity index (χ0n) is 11.6. The molecular weight excluding hydrogens is 260 g/mol. The standard InChI is InChI=1S/C13H22N4O3/c18-4-8-19-5-1-14-9-12-10-15-13(16-11-12)17-2-6-20-7-3-17/h10-11,14,18H,1-9H2. The van der Waals surface area contributed by atoms with Crippen LogP contribution < -0.4 is 10.2 Å². The first-order chi connectivity index (χ1) is 9.90. The summed E-state index contributed by atoms with van der Waals surface area (Å²) >= 11 is 0. The summed E-state index contributed by atoms with van der Waals surface area (Å²) in [4.78, 5) is 10.9. The van der Waals surface area contributed by atoms with Gasteiger partial charge in [-0.1, -0.05) is 0 Å². The molecule has 20 heavy (non-hydrogen) atoms. The topological polar surface area (TPSA) is 79.7 Å². The third-order valence-electron chi connectivity index (χ3n) is 2.97. The Labute approximate surface area is 118 Å². The number of aliphatic hydroxyl groups excluding tert-OH is 1. The lowest BCUT2D eigenvalue weighted by Crippen LogP contribution is -2.37. The summed E-state index contributed by atoms with van der Waals surface area (Å²) < 4.78 is 10.5. The number of hydrogen-bond acceptors (Lipinski definition) is 7. The van der Waals surface area contributed by atoms with Gasteiger partial charge in [-0.05, 0) is 0 Å². The minimum Gasteiger partial charge on any atom is -0.394 e. The molecule has 2 heterocycles. The molecule has 1 fully saturated rings. The molecule has 1 aliphatic heterocycles. The number of morpholine rings is 1. The zero-order chi connectivity index (χ0) is 14.0. The summed E-state index contributed by atoms with van der Waals surface area (Å²) in [5.41, 5.74) is 1.05. The second-order valence-electron chi connectivity index (χ2n) is 4.50. The molecule has 0 saturated carbocycles. The Balaban J connectivity index is 1.68. The van der Waals surface area contributed by atoms with Gasteiger partial charge in [0.05, 0.1) is 33.0 Å². The summed E-state index contributed by atoms with van der Waals surface area (Å²) in [5.74, 6) is 0.767. The molecule has 112 valence electrons. The molecule has 0 radical (unpaired) electrons. The average Bonchev–Trinajstić information content (AvgIpc) is 2.52. The summed E-state index contributed by atoms with van der Waals surface area (Å²) in [5, 5.41) is 11.8. The van der Waals surface area contributed by atoms with E-state index in [0.717, 1.165) is 44.4 Å². The van der Waals surface area contributed by atoms with Gasteiger partial charge in [0, 0.05) is 44.1 Å². The van der Waals surface area contributed by atoms with Gasteiger partial charge >= 0.3 is 0 Å². The fraction of sp³-hybridized carbons (Fsp3) is 0.692. The fourth-order valence-corrected chi connectivity index (χ4v) is 1.91. The van der Waals surface area contributed by atoms with Gasteiger partial charge in [0.2, 0.25) is 5.95 Å². The quantitative estimate of drug-likeness (QED) is 0.617. The van der Waals surface area contributed by atoms with E-state index in [1.54, 1.807) is 0 Å². The van der Waals surface area contributed by atoms with Gasteiger partial charge in [-0.25, -0.2) is 9.97 Å². The lowest BCUT2D eigenvalue weighted by molar-refractivity contribution is 0.0938. The maximum atomic E-state index is 8.56. The number of aromatic nitrogens is 2. The Hall–Kier alpha value is -1.28. The molecule has 1 saturated heterocycles. The van der Waals surface area contributed by atoms with Crippen LogP contribution in [0.1, 0.15) is 5.56 Å². The highest BCUT2D eigenvalue weighted by Gasteiger charge is 2.13. The Kier molecular flexibility index (Phi) is 6.65. The molecule has 2 rings (SSSR count). The third-order valence-corrected chi connectivity index (χ3v) is 2.97. The first kappa shape index (κ1) is 15.1. The minimum atomic E-state index is 0.0663. The van der Waals surface area contributed by atoms with E-state index in [0.29, 0.717) is 19.8 Å². The van der Waals surface area contributed by atoms with E-state index in [-0.39, 0.29) is 6.61 Å². The predicted molar refractivity (Wildman–Crippen MR) is 74.7 cm³/mol. The molecule has 0 unspecified atom stereocenters. The van der Waals surface area contributed by atoms with Crippen molar-refractivity contribution in [3.63, 3.8) is 0 Å². The van der Waals surface area contributed by atoms with Crippen LogP contribution in [0.15, 0.2) is 12.4 Å². The SMILES string of the molecule is OCCOCCNCc1cnc(N2CCOCC2)nc1. The monoisotopic (exact) mass is 282 g/mol. The van der Waals surface area contributed by atoms with Gasteiger partial charge in [0.1, 0.15) is 0 Å². The maximum absolute atomic E-state index is 8.56. The van der Waals surface area contributed by atoms with E-state index in [1.807, 2.05) is 12.4 Å². The lowest BCUT2D eigenvalue weighted by Gasteiger charge is -2.26. The van der Waals surface area contributed by atoms with Crippen molar-refractivity contribution in [2.75, 3.05) is 57.6 Å². The zero-order valence-corrected chi connectivity index (χ0v) is 11.6. The third kappa shape index (κ3) is 5.01. The second kappa shape index (κ2) is 8.80. The number of ether oxygens (including phenoxy) is 2. The van der Waals surface area contributed by atoms with Crippen molar-refractivity contribution < 1.29 is 14.6 Å². The minimum absolute atomic E-state index is 0.0663. The number of hydrogen-bond donors (Lipinski definition) is 2. The smallest absolute Gasteiger partial charge is 0.225 e. The van der Waals surface area contributed by atoms with E-state index >= 15 is 0 Å². The number of nitrogens with one attached hydrogen (secondary N) is 1. The molecule has 0 atom stereocenters. The molecule has 0 bridgehead atoms. The maximum Gasteiger partial charge on any atom is 0.225 e. The molecular formula is C13H22N4O3. The summed E-state index contributed by atoms with van der Waals surface area (Å²) in [6.07, 6.45) is 3.69. The van der Waals surface area contributed by atoms with Crippen LogP contribution in [-0.4, -0.2) is 67.7 Å². The Bertz CT molecular complexity index is 368. The summed E-state index contributed by atoms with van der Waals surface area (Å²) in [6, 6.07) is 0. The molecule has 7 nitrogen and oxygen atoms in total. The normalized spacial score (nSPS) is 15.6. The molecule has 1 aliphatic rings. The summed E-state index contributed by atoms with van der Waals surface area (Å²) in [6.45, 7) is 5.67. The van der Waals surface area contributed by atoms with Crippen LogP contribution >= 0.6 is 0 Å². The summed E-state index contributed by atoms with van der Waals surface area (Å²) in [7, 11) is 0. The van der Waals surface area contributed by atoms with Crippen molar-refractivity contribution in [1.82, 2.24) is 15.3 Å². The predicted octanol–water partition coefficient (Wildman–Crippen LogP) is -0.588. The first-order valence-corrected chi connectivity index (χ1v) is 6.93. The molecule has 0 aliphatic carbocycles. The van der Waals surface area contributed by atoms with Crippen LogP contribution in [-0.2, 0) is 16.0 Å². The van der Waals surface area contributed by atoms with Crippen LogP contribution in [0, 0.1) is 0 Å². The van der Waals surface area contributed by atoms with Gasteiger partial charge in [0.15, 0.2) is 0 Å². The number of nitrogens with zero attached hydrogens (tertiary/aromatic N) is 3. The average molecular weight is 282 g/mol. The Morgan fingerprint density at radius 1 is 1.25 bits per heavy atom. The van der Waals surface area contributed by atoms with Crippen molar-refractivity contribution in [3.8, 4) is 0 Å². The first-order valence-electron chi connectivity index (χ1n) is 6.93. The van der Waals surface area contributed by atoms with E-state index < -0.39 is 0 Å².